The molecule has 6 heteroatoms. The van der Waals surface area contributed by atoms with Gasteiger partial charge in [-0.25, -0.2) is 14.0 Å². The lowest BCUT2D eigenvalue weighted by Crippen LogP contribution is -2.36. The molecule has 0 saturated heterocycles. The standard InChI is InChI=1S/C8H13FO5/c1-3-12-7(10)6(14-5-9)8(11)13-4-2/h6H,3-5H2,1-2H3. The van der Waals surface area contributed by atoms with E-state index in [1.165, 1.54) is 0 Å². The van der Waals surface area contributed by atoms with Gasteiger partial charge in [0.25, 0.3) is 6.10 Å². The maximum atomic E-state index is 11.8. The Bertz CT molecular complexity index is 176. The Kier molecular flexibility index (Phi) is 6.65. The molecule has 0 aliphatic carbocycles. The van der Waals surface area contributed by atoms with Crippen LogP contribution in [0.3, 0.4) is 0 Å². The van der Waals surface area contributed by atoms with E-state index in [0.29, 0.717) is 0 Å². The molecule has 0 amide bonds. The highest BCUT2D eigenvalue weighted by Crippen LogP contribution is 2.00. The van der Waals surface area contributed by atoms with E-state index in [0.717, 1.165) is 0 Å². The van der Waals surface area contributed by atoms with Crippen molar-refractivity contribution in [2.75, 3.05) is 20.1 Å². The van der Waals surface area contributed by atoms with Gasteiger partial charge in [-0.15, -0.1) is 0 Å². The SMILES string of the molecule is CCOC(=O)C(OCF)C(=O)OCC. The van der Waals surface area contributed by atoms with Gasteiger partial charge in [0.2, 0.25) is 0 Å². The molecule has 0 N–H and O–H groups in total. The Balaban J connectivity index is 4.25. The van der Waals surface area contributed by atoms with Gasteiger partial charge in [0.15, 0.2) is 6.86 Å². The van der Waals surface area contributed by atoms with Crippen LogP contribution < -0.4 is 0 Å². The first-order valence-electron chi connectivity index (χ1n) is 4.18. The second-order valence-electron chi connectivity index (χ2n) is 2.16. The summed E-state index contributed by atoms with van der Waals surface area (Å²) in [6, 6.07) is 0. The van der Waals surface area contributed by atoms with Crippen LogP contribution in [-0.4, -0.2) is 38.1 Å². The van der Waals surface area contributed by atoms with Crippen LogP contribution in [-0.2, 0) is 23.8 Å². The topological polar surface area (TPSA) is 61.8 Å². The van der Waals surface area contributed by atoms with Crippen LogP contribution in [0, 0.1) is 0 Å². The number of carbonyl (C=O) groups excluding carboxylic acids is 2. The third-order valence-electron chi connectivity index (χ3n) is 1.23. The molecule has 0 atom stereocenters. The zero-order chi connectivity index (χ0) is 11.0. The summed E-state index contributed by atoms with van der Waals surface area (Å²) in [5.41, 5.74) is 0. The molecule has 0 radical (unpaired) electrons. The van der Waals surface area contributed by atoms with E-state index in [1.54, 1.807) is 13.8 Å². The van der Waals surface area contributed by atoms with Crippen molar-refractivity contribution < 1.29 is 28.2 Å². The van der Waals surface area contributed by atoms with Crippen molar-refractivity contribution in [3.05, 3.63) is 0 Å². The molecule has 0 saturated carbocycles. The summed E-state index contributed by atoms with van der Waals surface area (Å²) >= 11 is 0. The molecule has 0 aliphatic heterocycles. The van der Waals surface area contributed by atoms with Crippen LogP contribution in [0.5, 0.6) is 0 Å². The van der Waals surface area contributed by atoms with Crippen LogP contribution in [0.2, 0.25) is 0 Å². The van der Waals surface area contributed by atoms with Crippen molar-refractivity contribution in [1.29, 1.82) is 0 Å². The average molecular weight is 208 g/mol. The predicted octanol–water partition coefficient (Wildman–Crippen LogP) is 0.425. The molecular weight excluding hydrogens is 195 g/mol. The van der Waals surface area contributed by atoms with E-state index in [1.807, 2.05) is 0 Å². The van der Waals surface area contributed by atoms with E-state index < -0.39 is 24.9 Å². The van der Waals surface area contributed by atoms with E-state index in [2.05, 4.69) is 14.2 Å². The summed E-state index contributed by atoms with van der Waals surface area (Å²) in [7, 11) is 0. The van der Waals surface area contributed by atoms with Gasteiger partial charge in [-0.3, -0.25) is 0 Å². The molecule has 14 heavy (non-hydrogen) atoms. The molecule has 0 heterocycles. The third kappa shape index (κ3) is 4.18. The van der Waals surface area contributed by atoms with Gasteiger partial charge >= 0.3 is 11.9 Å². The molecule has 0 aliphatic rings. The molecule has 82 valence electrons. The highest BCUT2D eigenvalue weighted by atomic mass is 19.1. The highest BCUT2D eigenvalue weighted by Gasteiger charge is 2.30. The fourth-order valence-electron chi connectivity index (χ4n) is 0.731. The molecule has 0 aromatic carbocycles. The monoisotopic (exact) mass is 208 g/mol. The maximum absolute atomic E-state index is 11.8. The van der Waals surface area contributed by atoms with E-state index >= 15 is 0 Å². The van der Waals surface area contributed by atoms with E-state index in [9.17, 15) is 14.0 Å². The van der Waals surface area contributed by atoms with Crippen molar-refractivity contribution in [1.82, 2.24) is 0 Å². The van der Waals surface area contributed by atoms with Crippen molar-refractivity contribution in [3.63, 3.8) is 0 Å². The Morgan fingerprint density at radius 3 is 1.86 bits per heavy atom. The molecule has 0 unspecified atom stereocenters. The molecule has 5 nitrogen and oxygen atoms in total. The number of ether oxygens (including phenoxy) is 3. The summed E-state index contributed by atoms with van der Waals surface area (Å²) in [5, 5.41) is 0. The third-order valence-corrected chi connectivity index (χ3v) is 1.23. The van der Waals surface area contributed by atoms with E-state index in [4.69, 9.17) is 0 Å². The summed E-state index contributed by atoms with van der Waals surface area (Å²) in [5.74, 6) is -1.88. The van der Waals surface area contributed by atoms with Gasteiger partial charge < -0.3 is 14.2 Å². The highest BCUT2D eigenvalue weighted by molar-refractivity contribution is 5.98. The summed E-state index contributed by atoms with van der Waals surface area (Å²) in [6.07, 6.45) is -1.63. The second-order valence-corrected chi connectivity index (χ2v) is 2.16. The number of esters is 2. The minimum Gasteiger partial charge on any atom is -0.464 e. The minimum absolute atomic E-state index is 0.0877. The first-order chi connectivity index (χ1) is 6.67. The van der Waals surface area contributed by atoms with Crippen LogP contribution in [0.25, 0.3) is 0 Å². The number of hydrogen-bond acceptors (Lipinski definition) is 5. The minimum atomic E-state index is -1.63. The van der Waals surface area contributed by atoms with Crippen LogP contribution >= 0.6 is 0 Å². The van der Waals surface area contributed by atoms with Crippen LogP contribution in [0.1, 0.15) is 13.8 Å². The first kappa shape index (κ1) is 12.8. The fourth-order valence-corrected chi connectivity index (χ4v) is 0.731. The number of alkyl halides is 1. The van der Waals surface area contributed by atoms with E-state index in [-0.39, 0.29) is 13.2 Å². The first-order valence-corrected chi connectivity index (χ1v) is 4.18. The summed E-state index contributed by atoms with van der Waals surface area (Å²) in [6.45, 7) is 2.06. The van der Waals surface area contributed by atoms with Crippen molar-refractivity contribution in [2.45, 2.75) is 20.0 Å². The zero-order valence-electron chi connectivity index (χ0n) is 8.12. The quantitative estimate of drug-likeness (QED) is 0.467. The fraction of sp³-hybridized carbons (Fsp3) is 0.750. The Morgan fingerprint density at radius 1 is 1.14 bits per heavy atom. The molecule has 0 aromatic heterocycles. The number of hydrogen-bond donors (Lipinski definition) is 0. The number of carbonyl (C=O) groups is 2. The molecule has 0 bridgehead atoms. The summed E-state index contributed by atoms with van der Waals surface area (Å²) in [4.78, 5) is 22.1. The largest absolute Gasteiger partial charge is 0.464 e. The van der Waals surface area contributed by atoms with Crippen molar-refractivity contribution in [3.8, 4) is 0 Å². The van der Waals surface area contributed by atoms with Gasteiger partial charge in [-0.2, -0.15) is 0 Å². The Labute approximate surface area is 81.1 Å². The van der Waals surface area contributed by atoms with Crippen LogP contribution in [0.4, 0.5) is 4.39 Å². The van der Waals surface area contributed by atoms with Crippen molar-refractivity contribution >= 4 is 11.9 Å². The molecule has 0 fully saturated rings. The summed E-state index contributed by atoms with van der Waals surface area (Å²) < 4.78 is 25.0. The Morgan fingerprint density at radius 2 is 1.57 bits per heavy atom. The molecule has 0 aromatic rings. The second kappa shape index (κ2) is 7.25. The van der Waals surface area contributed by atoms with Gasteiger partial charge in [-0.1, -0.05) is 0 Å². The van der Waals surface area contributed by atoms with Crippen LogP contribution in [0.15, 0.2) is 0 Å². The smallest absolute Gasteiger partial charge is 0.347 e. The van der Waals surface area contributed by atoms with Gasteiger partial charge in [0.05, 0.1) is 13.2 Å². The molecule has 0 rings (SSSR count). The maximum Gasteiger partial charge on any atom is 0.347 e. The zero-order valence-corrected chi connectivity index (χ0v) is 8.12. The lowest BCUT2D eigenvalue weighted by atomic mass is 10.3. The molecular formula is C8H13FO5. The Hall–Kier alpha value is -1.17. The normalized spacial score (nSPS) is 10.0. The number of halogens is 1. The lowest BCUT2D eigenvalue weighted by molar-refractivity contribution is -0.176. The lowest BCUT2D eigenvalue weighted by Gasteiger charge is -2.12. The average Bonchev–Trinajstić information content (AvgIpc) is 2.14. The number of rotatable bonds is 6. The van der Waals surface area contributed by atoms with Gasteiger partial charge in [0, 0.05) is 0 Å². The van der Waals surface area contributed by atoms with Crippen molar-refractivity contribution in [2.24, 2.45) is 0 Å². The predicted molar refractivity (Wildman–Crippen MR) is 44.1 cm³/mol. The van der Waals surface area contributed by atoms with Gasteiger partial charge in [0.1, 0.15) is 0 Å². The molecule has 0 spiro atoms. The van der Waals surface area contributed by atoms with Gasteiger partial charge in [-0.05, 0) is 13.8 Å².